The van der Waals surface area contributed by atoms with Crippen LogP contribution in [0.4, 0.5) is 5.69 Å². The highest BCUT2D eigenvalue weighted by Crippen LogP contribution is 2.30. The summed E-state index contributed by atoms with van der Waals surface area (Å²) < 4.78 is 5.39. The van der Waals surface area contributed by atoms with Gasteiger partial charge in [0.25, 0.3) is 5.91 Å². The largest absolute Gasteiger partial charge is 0.459 e. The molecule has 1 aliphatic rings. The minimum atomic E-state index is -0.325. The van der Waals surface area contributed by atoms with Crippen molar-refractivity contribution >= 4 is 17.5 Å². The molecular formula is C19H20N2O4. The van der Waals surface area contributed by atoms with Gasteiger partial charge in [0, 0.05) is 24.3 Å². The number of carbonyl (C=O) groups excluding carboxylic acids is 2. The number of amides is 2. The number of rotatable bonds is 7. The molecule has 0 atom stereocenters. The van der Waals surface area contributed by atoms with E-state index < -0.39 is 0 Å². The minimum absolute atomic E-state index is 0.000829. The zero-order chi connectivity index (χ0) is 17.8. The van der Waals surface area contributed by atoms with Crippen molar-refractivity contribution in [1.29, 1.82) is 0 Å². The highest BCUT2D eigenvalue weighted by molar-refractivity contribution is 6.01. The summed E-state index contributed by atoms with van der Waals surface area (Å²) in [5.74, 6) is -0.138. The Morgan fingerprint density at radius 1 is 1.36 bits per heavy atom. The highest BCUT2D eigenvalue weighted by atomic mass is 16.3. The molecule has 0 unspecified atom stereocenters. The van der Waals surface area contributed by atoms with Gasteiger partial charge in [-0.05, 0) is 17.7 Å². The molecule has 0 saturated heterocycles. The summed E-state index contributed by atoms with van der Waals surface area (Å²) in [6.07, 6.45) is 3.40. The van der Waals surface area contributed by atoms with E-state index in [9.17, 15) is 9.59 Å². The third kappa shape index (κ3) is 3.34. The number of furan rings is 1. The van der Waals surface area contributed by atoms with E-state index in [1.165, 1.54) is 11.2 Å². The van der Waals surface area contributed by atoms with Crippen molar-refractivity contribution < 1.29 is 19.1 Å². The predicted octanol–water partition coefficient (Wildman–Crippen LogP) is 1.99. The Morgan fingerprint density at radius 3 is 2.92 bits per heavy atom. The van der Waals surface area contributed by atoms with Crippen molar-refractivity contribution in [3.63, 3.8) is 0 Å². The molecule has 2 aromatic rings. The molecular weight excluding hydrogens is 320 g/mol. The van der Waals surface area contributed by atoms with Gasteiger partial charge in [0.1, 0.15) is 0 Å². The van der Waals surface area contributed by atoms with E-state index >= 15 is 0 Å². The first kappa shape index (κ1) is 17.0. The monoisotopic (exact) mass is 340 g/mol. The average molecular weight is 340 g/mol. The molecule has 0 fully saturated rings. The number of para-hydroxylation sites is 1. The van der Waals surface area contributed by atoms with E-state index in [-0.39, 0.29) is 37.3 Å². The first-order valence-corrected chi connectivity index (χ1v) is 8.11. The quantitative estimate of drug-likeness (QED) is 0.782. The molecule has 1 N–H and O–H groups in total. The highest BCUT2D eigenvalue weighted by Gasteiger charge is 2.29. The molecule has 1 aromatic carbocycles. The average Bonchev–Trinajstić information content (AvgIpc) is 3.19. The summed E-state index contributed by atoms with van der Waals surface area (Å²) in [5, 5.41) is 9.14. The van der Waals surface area contributed by atoms with Crippen LogP contribution in [0, 0.1) is 0 Å². The number of carbonyl (C=O) groups is 2. The zero-order valence-electron chi connectivity index (χ0n) is 13.9. The fourth-order valence-electron chi connectivity index (χ4n) is 3.00. The van der Waals surface area contributed by atoms with Crippen molar-refractivity contribution in [2.24, 2.45) is 0 Å². The van der Waals surface area contributed by atoms with Crippen molar-refractivity contribution in [3.05, 3.63) is 66.1 Å². The summed E-state index contributed by atoms with van der Waals surface area (Å²) in [6.45, 7) is 4.26. The maximum absolute atomic E-state index is 12.7. The maximum atomic E-state index is 12.7. The normalized spacial score (nSPS) is 13.0. The molecule has 0 aliphatic carbocycles. The number of aliphatic hydroxyl groups is 1. The third-order valence-electron chi connectivity index (χ3n) is 4.20. The van der Waals surface area contributed by atoms with Crippen molar-refractivity contribution in [1.82, 2.24) is 4.90 Å². The number of nitrogens with zero attached hydrogens (tertiary/aromatic N) is 2. The van der Waals surface area contributed by atoms with E-state index in [4.69, 9.17) is 9.52 Å². The molecule has 130 valence electrons. The molecule has 25 heavy (non-hydrogen) atoms. The van der Waals surface area contributed by atoms with E-state index in [0.29, 0.717) is 18.5 Å². The lowest BCUT2D eigenvalue weighted by Gasteiger charge is -2.21. The Kier molecular flexibility index (Phi) is 5.00. The number of fused-ring (bicyclic) bond motifs is 1. The number of anilines is 1. The van der Waals surface area contributed by atoms with Crippen LogP contribution < -0.4 is 4.90 Å². The molecule has 6 heteroatoms. The van der Waals surface area contributed by atoms with E-state index in [1.807, 2.05) is 24.3 Å². The van der Waals surface area contributed by atoms with Gasteiger partial charge in [0.05, 0.1) is 25.8 Å². The van der Waals surface area contributed by atoms with Crippen molar-refractivity contribution in [2.75, 3.05) is 24.6 Å². The van der Waals surface area contributed by atoms with Crippen LogP contribution in [0.25, 0.3) is 0 Å². The van der Waals surface area contributed by atoms with Crippen molar-refractivity contribution in [3.8, 4) is 0 Å². The summed E-state index contributed by atoms with van der Waals surface area (Å²) >= 11 is 0. The minimum Gasteiger partial charge on any atom is -0.459 e. The van der Waals surface area contributed by atoms with E-state index in [2.05, 4.69) is 6.58 Å². The number of hydrogen-bond donors (Lipinski definition) is 1. The van der Waals surface area contributed by atoms with Gasteiger partial charge in [-0.3, -0.25) is 9.59 Å². The SMILES string of the molecule is C=CCN(CCO)C(=O)c1occc1CN1C(=O)Cc2ccccc21. The van der Waals surface area contributed by atoms with Crippen LogP contribution in [0.3, 0.4) is 0 Å². The molecule has 0 radical (unpaired) electrons. The maximum Gasteiger partial charge on any atom is 0.290 e. The summed E-state index contributed by atoms with van der Waals surface area (Å²) in [5.41, 5.74) is 2.49. The molecule has 2 amide bonds. The van der Waals surface area contributed by atoms with Gasteiger partial charge in [-0.15, -0.1) is 6.58 Å². The molecule has 0 saturated carbocycles. The second-order valence-electron chi connectivity index (χ2n) is 5.82. The van der Waals surface area contributed by atoms with E-state index in [0.717, 1.165) is 11.3 Å². The first-order chi connectivity index (χ1) is 12.2. The molecule has 2 heterocycles. The van der Waals surface area contributed by atoms with Gasteiger partial charge >= 0.3 is 0 Å². The van der Waals surface area contributed by atoms with Gasteiger partial charge in [-0.2, -0.15) is 0 Å². The molecule has 1 aliphatic heterocycles. The zero-order valence-corrected chi connectivity index (χ0v) is 13.9. The number of benzene rings is 1. The standard InChI is InChI=1S/C19H20N2O4/c1-2-8-20(9-10-22)19(24)18-15(7-11-25-18)13-21-16-6-4-3-5-14(16)12-17(21)23/h2-7,11,22H,1,8-10,12-13H2. The fraction of sp³-hybridized carbons (Fsp3) is 0.263. The van der Waals surface area contributed by atoms with Crippen LogP contribution >= 0.6 is 0 Å². The van der Waals surface area contributed by atoms with Gasteiger partial charge in [0.15, 0.2) is 5.76 Å². The molecule has 6 nitrogen and oxygen atoms in total. The van der Waals surface area contributed by atoms with Crippen LogP contribution in [0.2, 0.25) is 0 Å². The fourth-order valence-corrected chi connectivity index (χ4v) is 3.00. The Balaban J connectivity index is 1.84. The lowest BCUT2D eigenvalue weighted by Crippen LogP contribution is -2.34. The Hall–Kier alpha value is -2.86. The van der Waals surface area contributed by atoms with Crippen LogP contribution in [0.5, 0.6) is 0 Å². The van der Waals surface area contributed by atoms with Gasteiger partial charge in [0.2, 0.25) is 5.91 Å². The van der Waals surface area contributed by atoms with Crippen LogP contribution in [-0.4, -0.2) is 41.5 Å². The van der Waals surface area contributed by atoms with Crippen LogP contribution in [0.15, 0.2) is 53.7 Å². The molecule has 1 aromatic heterocycles. The first-order valence-electron chi connectivity index (χ1n) is 8.11. The van der Waals surface area contributed by atoms with Crippen molar-refractivity contribution in [2.45, 2.75) is 13.0 Å². The van der Waals surface area contributed by atoms with Gasteiger partial charge < -0.3 is 19.3 Å². The predicted molar refractivity (Wildman–Crippen MR) is 93.2 cm³/mol. The molecule has 3 rings (SSSR count). The lowest BCUT2D eigenvalue weighted by atomic mass is 10.1. The Morgan fingerprint density at radius 2 is 2.16 bits per heavy atom. The molecule has 0 bridgehead atoms. The van der Waals surface area contributed by atoms with Crippen LogP contribution in [0.1, 0.15) is 21.7 Å². The van der Waals surface area contributed by atoms with Gasteiger partial charge in [-0.25, -0.2) is 0 Å². The summed E-state index contributed by atoms with van der Waals surface area (Å²) in [4.78, 5) is 28.1. The second-order valence-corrected chi connectivity index (χ2v) is 5.82. The topological polar surface area (TPSA) is 74.0 Å². The molecule has 0 spiro atoms. The second kappa shape index (κ2) is 7.36. The smallest absolute Gasteiger partial charge is 0.290 e. The van der Waals surface area contributed by atoms with Crippen LogP contribution in [-0.2, 0) is 17.8 Å². The summed E-state index contributed by atoms with van der Waals surface area (Å²) in [6, 6.07) is 9.33. The third-order valence-corrected chi connectivity index (χ3v) is 4.20. The number of aliphatic hydroxyl groups excluding tert-OH is 1. The lowest BCUT2D eigenvalue weighted by molar-refractivity contribution is -0.117. The number of hydrogen-bond acceptors (Lipinski definition) is 4. The van der Waals surface area contributed by atoms with E-state index in [1.54, 1.807) is 17.0 Å². The van der Waals surface area contributed by atoms with Gasteiger partial charge in [-0.1, -0.05) is 24.3 Å². The Labute approximate surface area is 146 Å². The Bertz CT molecular complexity index is 796. The summed E-state index contributed by atoms with van der Waals surface area (Å²) in [7, 11) is 0.